The van der Waals surface area contributed by atoms with E-state index >= 15 is 0 Å². The highest BCUT2D eigenvalue weighted by molar-refractivity contribution is 7.89. The Morgan fingerprint density at radius 2 is 1.64 bits per heavy atom. The number of para-hydroxylation sites is 2. The maximum Gasteiger partial charge on any atom is 0.319 e. The lowest BCUT2D eigenvalue weighted by molar-refractivity contribution is -0.116. The van der Waals surface area contributed by atoms with E-state index in [0.717, 1.165) is 0 Å². The van der Waals surface area contributed by atoms with E-state index in [1.165, 1.54) is 12.1 Å². The van der Waals surface area contributed by atoms with Crippen molar-refractivity contribution in [2.45, 2.75) is 37.6 Å². The largest absolute Gasteiger partial charge is 0.490 e. The van der Waals surface area contributed by atoms with Crippen LogP contribution in [0.1, 0.15) is 26.7 Å². The Morgan fingerprint density at radius 3 is 2.33 bits per heavy atom. The van der Waals surface area contributed by atoms with Gasteiger partial charge in [0.15, 0.2) is 11.5 Å². The fourth-order valence-corrected chi connectivity index (χ4v) is 4.07. The quantitative estimate of drug-likeness (QED) is 0.463. The molecule has 0 bridgehead atoms. The first-order chi connectivity index (χ1) is 15.7. The molecule has 0 saturated heterocycles. The molecule has 0 spiro atoms. The number of carbonyl (C=O) groups is 2. The molecule has 33 heavy (non-hydrogen) atoms. The van der Waals surface area contributed by atoms with Crippen molar-refractivity contribution in [3.8, 4) is 11.5 Å². The van der Waals surface area contributed by atoms with Crippen LogP contribution in [-0.2, 0) is 14.8 Å². The van der Waals surface area contributed by atoms with Gasteiger partial charge in [-0.3, -0.25) is 4.79 Å². The number of sulfonamides is 1. The van der Waals surface area contributed by atoms with E-state index in [4.69, 9.17) is 9.47 Å². The summed E-state index contributed by atoms with van der Waals surface area (Å²) in [5.74, 6) is 0.466. The molecule has 1 aliphatic heterocycles. The van der Waals surface area contributed by atoms with Crippen molar-refractivity contribution in [3.63, 3.8) is 0 Å². The second-order valence-corrected chi connectivity index (χ2v) is 9.42. The topological polar surface area (TPSA) is 135 Å². The maximum atomic E-state index is 12.6. The number of nitrogens with one attached hydrogen (secondary N) is 4. The van der Waals surface area contributed by atoms with Gasteiger partial charge >= 0.3 is 6.03 Å². The van der Waals surface area contributed by atoms with Crippen LogP contribution < -0.4 is 30.1 Å². The van der Waals surface area contributed by atoms with Crippen molar-refractivity contribution >= 4 is 33.3 Å². The van der Waals surface area contributed by atoms with Crippen LogP contribution in [0.3, 0.4) is 0 Å². The number of urea groups is 1. The lowest BCUT2D eigenvalue weighted by atomic mass is 10.2. The second-order valence-electron chi connectivity index (χ2n) is 7.65. The molecule has 2 aromatic rings. The Hall–Kier alpha value is -3.31. The highest BCUT2D eigenvalue weighted by Gasteiger charge is 2.19. The van der Waals surface area contributed by atoms with Gasteiger partial charge in [-0.05, 0) is 38.1 Å². The van der Waals surface area contributed by atoms with Gasteiger partial charge in [-0.2, -0.15) is 0 Å². The predicted octanol–water partition coefficient (Wildman–Crippen LogP) is 2.68. The van der Waals surface area contributed by atoms with Crippen LogP contribution >= 0.6 is 0 Å². The van der Waals surface area contributed by atoms with E-state index in [0.29, 0.717) is 42.5 Å². The average molecular weight is 477 g/mol. The molecule has 3 amide bonds. The number of hydrogen-bond acceptors (Lipinski definition) is 6. The van der Waals surface area contributed by atoms with E-state index in [1.807, 2.05) is 13.8 Å². The summed E-state index contributed by atoms with van der Waals surface area (Å²) in [6.07, 6.45) is 0.613. The van der Waals surface area contributed by atoms with Crippen molar-refractivity contribution in [2.24, 2.45) is 0 Å². The molecule has 0 aromatic heterocycles. The SMILES string of the molecule is CC(C)NC(=O)Nc1ccccc1NC(=O)CCNS(=O)(=O)c1ccc2c(c1)OCCCO2. The fraction of sp³-hybridized carbons (Fsp3) is 0.364. The number of fused-ring (bicyclic) bond motifs is 1. The van der Waals surface area contributed by atoms with Crippen molar-refractivity contribution in [3.05, 3.63) is 42.5 Å². The number of rotatable bonds is 8. The van der Waals surface area contributed by atoms with Gasteiger partial charge < -0.3 is 25.4 Å². The lowest BCUT2D eigenvalue weighted by Gasteiger charge is -2.14. The van der Waals surface area contributed by atoms with Crippen LogP contribution in [0, 0.1) is 0 Å². The molecule has 0 fully saturated rings. The van der Waals surface area contributed by atoms with Crippen LogP contribution in [0.15, 0.2) is 47.4 Å². The van der Waals surface area contributed by atoms with Crippen LogP contribution in [-0.4, -0.2) is 46.2 Å². The highest BCUT2D eigenvalue weighted by Crippen LogP contribution is 2.31. The Labute approximate surface area is 193 Å². The predicted molar refractivity (Wildman–Crippen MR) is 124 cm³/mol. The summed E-state index contributed by atoms with van der Waals surface area (Å²) in [6.45, 7) is 4.51. The first-order valence-corrected chi connectivity index (χ1v) is 12.1. The third-order valence-electron chi connectivity index (χ3n) is 4.54. The van der Waals surface area contributed by atoms with E-state index in [1.54, 1.807) is 30.3 Å². The zero-order chi connectivity index (χ0) is 23.8. The molecule has 0 aliphatic carbocycles. The molecule has 3 rings (SSSR count). The highest BCUT2D eigenvalue weighted by atomic mass is 32.2. The first kappa shape index (κ1) is 24.3. The fourth-order valence-electron chi connectivity index (χ4n) is 3.03. The van der Waals surface area contributed by atoms with Crippen LogP contribution in [0.2, 0.25) is 0 Å². The van der Waals surface area contributed by atoms with Crippen LogP contribution in [0.5, 0.6) is 11.5 Å². The van der Waals surface area contributed by atoms with Gasteiger partial charge in [0.25, 0.3) is 0 Å². The summed E-state index contributed by atoms with van der Waals surface area (Å²) in [6, 6.07) is 10.7. The normalized spacial score (nSPS) is 13.2. The molecule has 10 nitrogen and oxygen atoms in total. The molecule has 0 radical (unpaired) electrons. The van der Waals surface area contributed by atoms with Gasteiger partial charge in [0.2, 0.25) is 15.9 Å². The number of amides is 3. The first-order valence-electron chi connectivity index (χ1n) is 10.6. The zero-order valence-electron chi connectivity index (χ0n) is 18.5. The van der Waals surface area contributed by atoms with Crippen LogP contribution in [0.4, 0.5) is 16.2 Å². The molecule has 2 aromatic carbocycles. The summed E-state index contributed by atoms with van der Waals surface area (Å²) in [5, 5.41) is 8.07. The van der Waals surface area contributed by atoms with E-state index < -0.39 is 22.0 Å². The molecule has 11 heteroatoms. The Kier molecular flexibility index (Phi) is 8.12. The minimum atomic E-state index is -3.84. The zero-order valence-corrected chi connectivity index (χ0v) is 19.3. The Morgan fingerprint density at radius 1 is 0.970 bits per heavy atom. The van der Waals surface area contributed by atoms with E-state index in [9.17, 15) is 18.0 Å². The summed E-state index contributed by atoms with van der Waals surface area (Å²) < 4.78 is 38.7. The monoisotopic (exact) mass is 476 g/mol. The molecular weight excluding hydrogens is 448 g/mol. The molecular formula is C22H28N4O6S. The summed E-state index contributed by atoms with van der Waals surface area (Å²) in [5.41, 5.74) is 0.837. The minimum Gasteiger partial charge on any atom is -0.490 e. The molecule has 178 valence electrons. The van der Waals surface area contributed by atoms with Crippen molar-refractivity contribution < 1.29 is 27.5 Å². The van der Waals surface area contributed by atoms with Gasteiger partial charge in [-0.25, -0.2) is 17.9 Å². The number of anilines is 2. The summed E-state index contributed by atoms with van der Waals surface area (Å²) >= 11 is 0. The maximum absolute atomic E-state index is 12.6. The van der Waals surface area contributed by atoms with Crippen molar-refractivity contribution in [1.82, 2.24) is 10.0 Å². The molecule has 1 heterocycles. The standard InChI is InChI=1S/C22H28N4O6S/c1-15(2)24-22(28)26-18-7-4-3-6-17(18)25-21(27)10-11-23-33(29,30)16-8-9-19-20(14-16)32-13-5-12-31-19/h3-4,6-9,14-15,23H,5,10-13H2,1-2H3,(H,25,27)(H2,24,26,28). The number of carbonyl (C=O) groups excluding carboxylic acids is 2. The molecule has 0 unspecified atom stereocenters. The summed E-state index contributed by atoms with van der Waals surface area (Å²) in [4.78, 5) is 24.4. The number of ether oxygens (including phenoxy) is 2. The van der Waals surface area contributed by atoms with Crippen LogP contribution in [0.25, 0.3) is 0 Å². The van der Waals surface area contributed by atoms with Gasteiger partial charge in [-0.1, -0.05) is 12.1 Å². The molecule has 1 aliphatic rings. The van der Waals surface area contributed by atoms with E-state index in [2.05, 4.69) is 20.7 Å². The molecule has 4 N–H and O–H groups in total. The van der Waals surface area contributed by atoms with Gasteiger partial charge in [0, 0.05) is 31.5 Å². The lowest BCUT2D eigenvalue weighted by Crippen LogP contribution is -2.34. The third kappa shape index (κ3) is 7.09. The Bertz CT molecular complexity index is 1100. The van der Waals surface area contributed by atoms with Gasteiger partial charge in [-0.15, -0.1) is 0 Å². The third-order valence-corrected chi connectivity index (χ3v) is 6.00. The molecule has 0 saturated carbocycles. The second kappa shape index (κ2) is 11.0. The smallest absolute Gasteiger partial charge is 0.319 e. The van der Waals surface area contributed by atoms with E-state index in [-0.39, 0.29) is 23.9 Å². The van der Waals surface area contributed by atoms with Gasteiger partial charge in [0.05, 0.1) is 29.5 Å². The number of benzene rings is 2. The minimum absolute atomic E-state index is 0.0258. The average Bonchev–Trinajstić information content (AvgIpc) is 2.99. The number of hydrogen-bond donors (Lipinski definition) is 4. The van der Waals surface area contributed by atoms with Crippen molar-refractivity contribution in [1.29, 1.82) is 0 Å². The Balaban J connectivity index is 1.55. The summed E-state index contributed by atoms with van der Waals surface area (Å²) in [7, 11) is -3.84. The van der Waals surface area contributed by atoms with Gasteiger partial charge in [0.1, 0.15) is 0 Å². The van der Waals surface area contributed by atoms with Crippen molar-refractivity contribution in [2.75, 3.05) is 30.4 Å². The molecule has 0 atom stereocenters.